The molecule has 1 saturated heterocycles. The van der Waals surface area contributed by atoms with Crippen LogP contribution in [0.3, 0.4) is 0 Å². The number of amides is 1. The minimum atomic E-state index is -0.221. The number of pyridine rings is 1. The maximum Gasteiger partial charge on any atom is 0.267 e. The summed E-state index contributed by atoms with van der Waals surface area (Å²) in [6.07, 6.45) is 7.29. The summed E-state index contributed by atoms with van der Waals surface area (Å²) < 4.78 is 7.66. The molecule has 178 valence electrons. The molecule has 33 heavy (non-hydrogen) atoms. The number of unbranched alkanes of at least 4 members (excludes halogenated alkanes) is 2. The van der Waals surface area contributed by atoms with E-state index in [2.05, 4.69) is 12.2 Å². The third-order valence-corrected chi connectivity index (χ3v) is 6.66. The van der Waals surface area contributed by atoms with Gasteiger partial charge in [0.15, 0.2) is 0 Å². The second-order valence-corrected chi connectivity index (χ2v) is 9.98. The summed E-state index contributed by atoms with van der Waals surface area (Å²) in [6.45, 7) is 9.85. The summed E-state index contributed by atoms with van der Waals surface area (Å²) in [5, 5.41) is 3.28. The van der Waals surface area contributed by atoms with Crippen LogP contribution in [0.15, 0.2) is 28.0 Å². The van der Waals surface area contributed by atoms with Gasteiger partial charge in [0.1, 0.15) is 15.8 Å². The Hall–Kier alpha value is -2.23. The zero-order valence-electron chi connectivity index (χ0n) is 19.7. The Morgan fingerprint density at radius 2 is 2.06 bits per heavy atom. The number of carbonyl (C=O) groups is 1. The molecule has 7 nitrogen and oxygen atoms in total. The molecule has 0 spiro atoms. The third-order valence-electron chi connectivity index (χ3n) is 5.28. The highest BCUT2D eigenvalue weighted by atomic mass is 32.2. The molecule has 2 aromatic heterocycles. The van der Waals surface area contributed by atoms with Crippen molar-refractivity contribution >= 4 is 51.7 Å². The largest absolute Gasteiger partial charge is 0.379 e. The molecule has 0 saturated carbocycles. The number of thioether (sulfide) groups is 1. The Kier molecular flexibility index (Phi) is 9.05. The van der Waals surface area contributed by atoms with Crippen LogP contribution >= 0.6 is 24.0 Å². The topological polar surface area (TPSA) is 75.9 Å². The predicted molar refractivity (Wildman–Crippen MR) is 140 cm³/mol. The number of hydrogen-bond acceptors (Lipinski definition) is 7. The minimum Gasteiger partial charge on any atom is -0.379 e. The first-order valence-corrected chi connectivity index (χ1v) is 12.7. The van der Waals surface area contributed by atoms with Crippen molar-refractivity contribution in [2.75, 3.05) is 25.0 Å². The zero-order chi connectivity index (χ0) is 24.0. The van der Waals surface area contributed by atoms with Crippen molar-refractivity contribution in [3.8, 4) is 0 Å². The van der Waals surface area contributed by atoms with E-state index in [4.69, 9.17) is 21.9 Å². The molecule has 0 atom stereocenters. The Morgan fingerprint density at radius 3 is 2.79 bits per heavy atom. The number of rotatable bonds is 11. The lowest BCUT2D eigenvalue weighted by atomic mass is 10.2. The molecule has 2 aromatic rings. The number of fused-ring (bicyclic) bond motifs is 1. The average molecular weight is 489 g/mol. The van der Waals surface area contributed by atoms with Crippen molar-refractivity contribution in [1.29, 1.82) is 0 Å². The number of nitrogens with zero attached hydrogens (tertiary/aromatic N) is 3. The average Bonchev–Trinajstić information content (AvgIpc) is 3.04. The summed E-state index contributed by atoms with van der Waals surface area (Å²) in [5.74, 6) is 0.321. The van der Waals surface area contributed by atoms with Gasteiger partial charge in [-0.05, 0) is 51.3 Å². The third kappa shape index (κ3) is 6.22. The molecule has 0 unspecified atom stereocenters. The first-order valence-electron chi connectivity index (χ1n) is 11.5. The molecular formula is C24H32N4O3S2. The molecule has 1 amide bonds. The van der Waals surface area contributed by atoms with Gasteiger partial charge in [-0.1, -0.05) is 49.8 Å². The molecule has 0 aromatic carbocycles. The van der Waals surface area contributed by atoms with Gasteiger partial charge in [0.2, 0.25) is 0 Å². The molecular weight excluding hydrogens is 456 g/mol. The van der Waals surface area contributed by atoms with E-state index in [1.165, 1.54) is 16.2 Å². The number of nitrogens with one attached hydrogen (secondary N) is 1. The van der Waals surface area contributed by atoms with E-state index in [0.29, 0.717) is 46.0 Å². The van der Waals surface area contributed by atoms with Gasteiger partial charge in [0.25, 0.3) is 11.5 Å². The van der Waals surface area contributed by atoms with Crippen molar-refractivity contribution in [3.05, 3.63) is 44.7 Å². The molecule has 0 aliphatic carbocycles. The summed E-state index contributed by atoms with van der Waals surface area (Å²) in [6, 6.07) is 3.74. The standard InChI is InChI=1S/C24H32N4O3S2/c1-5-6-7-12-28-23(30)19(33-24(28)32)15-18-20(25-11-9-14-31-16(2)3)26-21-17(4)10-8-13-27(21)22(18)29/h8,10,13,15-16,25H,5-7,9,11-12,14H2,1-4H3. The number of aromatic nitrogens is 2. The first-order chi connectivity index (χ1) is 15.8. The van der Waals surface area contributed by atoms with E-state index in [1.807, 2.05) is 32.9 Å². The van der Waals surface area contributed by atoms with Crippen LogP contribution in [0.1, 0.15) is 57.6 Å². The van der Waals surface area contributed by atoms with Crippen LogP contribution in [0.25, 0.3) is 11.7 Å². The van der Waals surface area contributed by atoms with Crippen molar-refractivity contribution in [3.63, 3.8) is 0 Å². The van der Waals surface area contributed by atoms with Gasteiger partial charge < -0.3 is 10.1 Å². The highest BCUT2D eigenvalue weighted by Gasteiger charge is 2.32. The van der Waals surface area contributed by atoms with Crippen LogP contribution in [0.2, 0.25) is 0 Å². The molecule has 1 fully saturated rings. The van der Waals surface area contributed by atoms with E-state index in [-0.39, 0.29) is 17.6 Å². The van der Waals surface area contributed by atoms with E-state index in [1.54, 1.807) is 17.2 Å². The second kappa shape index (κ2) is 11.8. The molecule has 0 bridgehead atoms. The Bertz CT molecular complexity index is 1110. The normalized spacial score (nSPS) is 15.4. The van der Waals surface area contributed by atoms with Gasteiger partial charge in [-0.2, -0.15) is 0 Å². The van der Waals surface area contributed by atoms with E-state index in [9.17, 15) is 9.59 Å². The van der Waals surface area contributed by atoms with Crippen LogP contribution in [-0.2, 0) is 9.53 Å². The van der Waals surface area contributed by atoms with Crippen molar-refractivity contribution < 1.29 is 9.53 Å². The summed E-state index contributed by atoms with van der Waals surface area (Å²) in [4.78, 5) is 33.2. The fourth-order valence-corrected chi connectivity index (χ4v) is 4.81. The van der Waals surface area contributed by atoms with Crippen LogP contribution < -0.4 is 10.9 Å². The lowest BCUT2D eigenvalue weighted by molar-refractivity contribution is -0.122. The smallest absolute Gasteiger partial charge is 0.267 e. The molecule has 3 heterocycles. The minimum absolute atomic E-state index is 0.147. The van der Waals surface area contributed by atoms with Gasteiger partial charge in [-0.15, -0.1) is 0 Å². The zero-order valence-corrected chi connectivity index (χ0v) is 21.4. The molecule has 9 heteroatoms. The molecule has 1 aliphatic rings. The highest BCUT2D eigenvalue weighted by Crippen LogP contribution is 2.33. The van der Waals surface area contributed by atoms with Crippen LogP contribution in [-0.4, -0.2) is 50.3 Å². The van der Waals surface area contributed by atoms with E-state index < -0.39 is 0 Å². The van der Waals surface area contributed by atoms with Crippen molar-refractivity contribution in [2.24, 2.45) is 0 Å². The number of aryl methyl sites for hydroxylation is 1. The monoisotopic (exact) mass is 488 g/mol. The fourth-order valence-electron chi connectivity index (χ4n) is 3.52. The second-order valence-electron chi connectivity index (χ2n) is 8.30. The van der Waals surface area contributed by atoms with Gasteiger partial charge in [-0.25, -0.2) is 4.98 Å². The van der Waals surface area contributed by atoms with Gasteiger partial charge in [-0.3, -0.25) is 18.9 Å². The Labute approximate surface area is 204 Å². The molecule has 3 rings (SSSR count). The van der Waals surface area contributed by atoms with Crippen LogP contribution in [0.5, 0.6) is 0 Å². The molecule has 1 N–H and O–H groups in total. The van der Waals surface area contributed by atoms with E-state index in [0.717, 1.165) is 31.2 Å². The van der Waals surface area contributed by atoms with Crippen molar-refractivity contribution in [2.45, 2.75) is 59.5 Å². The number of ether oxygens (including phenoxy) is 1. The maximum atomic E-state index is 13.4. The fraction of sp³-hybridized carbons (Fsp3) is 0.500. The number of hydrogen-bond donors (Lipinski definition) is 1. The number of thiocarbonyl (C=S) groups is 1. The first kappa shape index (κ1) is 25.4. The Morgan fingerprint density at radius 1 is 1.27 bits per heavy atom. The summed E-state index contributed by atoms with van der Waals surface area (Å²) in [5.41, 5.74) is 1.63. The van der Waals surface area contributed by atoms with Gasteiger partial charge in [0.05, 0.1) is 16.6 Å². The lowest BCUT2D eigenvalue weighted by Crippen LogP contribution is -2.29. The number of carbonyl (C=O) groups excluding carboxylic acids is 1. The lowest BCUT2D eigenvalue weighted by Gasteiger charge is -2.14. The predicted octanol–water partition coefficient (Wildman–Crippen LogP) is 4.62. The van der Waals surface area contributed by atoms with Crippen molar-refractivity contribution in [1.82, 2.24) is 14.3 Å². The van der Waals surface area contributed by atoms with E-state index >= 15 is 0 Å². The molecule has 0 radical (unpaired) electrons. The van der Waals surface area contributed by atoms with Crippen LogP contribution in [0.4, 0.5) is 5.82 Å². The summed E-state index contributed by atoms with van der Waals surface area (Å²) >= 11 is 6.68. The van der Waals surface area contributed by atoms with Gasteiger partial charge >= 0.3 is 0 Å². The SMILES string of the molecule is CCCCCN1C(=O)C(=Cc2c(NCCCOC(C)C)nc3c(C)cccn3c2=O)SC1=S. The van der Waals surface area contributed by atoms with Gasteiger partial charge in [0, 0.05) is 25.9 Å². The summed E-state index contributed by atoms with van der Waals surface area (Å²) in [7, 11) is 0. The molecule has 1 aliphatic heterocycles. The Balaban J connectivity index is 1.93. The number of anilines is 1. The quantitative estimate of drug-likeness (QED) is 0.281. The highest BCUT2D eigenvalue weighted by molar-refractivity contribution is 8.26. The van der Waals surface area contributed by atoms with Crippen LogP contribution in [0, 0.1) is 6.92 Å². The maximum absolute atomic E-state index is 13.4.